The number of rotatable bonds is 4. The van der Waals surface area contributed by atoms with Gasteiger partial charge in [-0.25, -0.2) is 4.79 Å². The molecule has 1 saturated heterocycles. The molecule has 2 amide bonds. The summed E-state index contributed by atoms with van der Waals surface area (Å²) in [6.45, 7) is 10.9. The van der Waals surface area contributed by atoms with Crippen LogP contribution in [0.2, 0.25) is 0 Å². The highest BCUT2D eigenvalue weighted by Crippen LogP contribution is 2.20. The largest absolute Gasteiger partial charge is 0.373 e. The number of benzene rings is 1. The van der Waals surface area contributed by atoms with Crippen LogP contribution in [0.25, 0.3) is 0 Å². The fourth-order valence-electron chi connectivity index (χ4n) is 2.78. The zero-order valence-electron chi connectivity index (χ0n) is 13.9. The molecule has 0 spiro atoms. The van der Waals surface area contributed by atoms with E-state index in [1.165, 1.54) is 0 Å². The van der Waals surface area contributed by atoms with Gasteiger partial charge in [-0.05, 0) is 39.8 Å². The second kappa shape index (κ2) is 7.11. The van der Waals surface area contributed by atoms with E-state index in [0.29, 0.717) is 6.54 Å². The maximum Gasteiger partial charge on any atom is 0.319 e. The Balaban J connectivity index is 1.85. The summed E-state index contributed by atoms with van der Waals surface area (Å²) < 4.78 is 5.77. The Morgan fingerprint density at radius 1 is 1.23 bits per heavy atom. The van der Waals surface area contributed by atoms with Crippen molar-refractivity contribution in [3.05, 3.63) is 30.3 Å². The van der Waals surface area contributed by atoms with Crippen molar-refractivity contribution in [2.75, 3.05) is 25.0 Å². The minimum absolute atomic E-state index is 0.111. The molecular weight excluding hydrogens is 278 g/mol. The third-order valence-electron chi connectivity index (χ3n) is 3.99. The number of hydrogen-bond donors (Lipinski definition) is 2. The van der Waals surface area contributed by atoms with Crippen molar-refractivity contribution in [2.24, 2.45) is 0 Å². The molecule has 1 aliphatic rings. The second-order valence-corrected chi connectivity index (χ2v) is 6.65. The highest BCUT2D eigenvalue weighted by Gasteiger charge is 2.33. The molecule has 0 saturated carbocycles. The first kappa shape index (κ1) is 16.8. The number of carbonyl (C=O) groups excluding carboxylic acids is 1. The number of para-hydroxylation sites is 1. The number of morpholine rings is 1. The third-order valence-corrected chi connectivity index (χ3v) is 3.99. The summed E-state index contributed by atoms with van der Waals surface area (Å²) in [6.07, 6.45) is 0.447. The van der Waals surface area contributed by atoms with Crippen LogP contribution >= 0.6 is 0 Å². The van der Waals surface area contributed by atoms with Crippen molar-refractivity contribution in [1.29, 1.82) is 0 Å². The minimum atomic E-state index is -0.173. The molecule has 1 aromatic carbocycles. The number of carbonyl (C=O) groups is 1. The van der Waals surface area contributed by atoms with Gasteiger partial charge >= 0.3 is 6.03 Å². The van der Waals surface area contributed by atoms with Crippen LogP contribution in [0.4, 0.5) is 10.5 Å². The molecule has 22 heavy (non-hydrogen) atoms. The van der Waals surface area contributed by atoms with Crippen LogP contribution in [0, 0.1) is 0 Å². The molecule has 2 rings (SSSR count). The molecule has 122 valence electrons. The maximum atomic E-state index is 12.0. The van der Waals surface area contributed by atoms with E-state index in [4.69, 9.17) is 4.74 Å². The van der Waals surface area contributed by atoms with Gasteiger partial charge in [-0.1, -0.05) is 18.2 Å². The fourth-order valence-corrected chi connectivity index (χ4v) is 2.78. The molecule has 5 nitrogen and oxygen atoms in total. The lowest BCUT2D eigenvalue weighted by molar-refractivity contribution is -0.0947. The van der Waals surface area contributed by atoms with Crippen molar-refractivity contribution < 1.29 is 9.53 Å². The van der Waals surface area contributed by atoms with Gasteiger partial charge in [-0.2, -0.15) is 0 Å². The highest BCUT2D eigenvalue weighted by molar-refractivity contribution is 5.89. The summed E-state index contributed by atoms with van der Waals surface area (Å²) in [5, 5.41) is 5.81. The van der Waals surface area contributed by atoms with Crippen LogP contribution in [-0.4, -0.2) is 48.3 Å². The Labute approximate surface area is 133 Å². The minimum Gasteiger partial charge on any atom is -0.373 e. The standard InChI is InChI=1S/C17H27N3O2/c1-13-10-20(11-14(2)22-13)17(3,4)12-18-16(21)19-15-8-6-5-7-9-15/h5-9,13-14H,10-12H2,1-4H3,(H2,18,19,21)/t13-,14-/m1/s1. The molecule has 1 aromatic rings. The molecule has 1 fully saturated rings. The molecule has 2 N–H and O–H groups in total. The monoisotopic (exact) mass is 305 g/mol. The van der Waals surface area contributed by atoms with Crippen LogP contribution in [-0.2, 0) is 4.74 Å². The van der Waals surface area contributed by atoms with E-state index in [1.807, 2.05) is 30.3 Å². The van der Waals surface area contributed by atoms with Gasteiger partial charge in [0.25, 0.3) is 0 Å². The Morgan fingerprint density at radius 2 is 1.82 bits per heavy atom. The first-order valence-corrected chi connectivity index (χ1v) is 7.87. The molecular formula is C17H27N3O2. The average molecular weight is 305 g/mol. The molecule has 1 heterocycles. The lowest BCUT2D eigenvalue weighted by Gasteiger charge is -2.45. The molecule has 5 heteroatoms. The van der Waals surface area contributed by atoms with E-state index in [9.17, 15) is 4.79 Å². The third kappa shape index (κ3) is 4.71. The summed E-state index contributed by atoms with van der Waals surface area (Å²) >= 11 is 0. The molecule has 0 unspecified atom stereocenters. The summed E-state index contributed by atoms with van der Waals surface area (Å²) in [7, 11) is 0. The van der Waals surface area contributed by atoms with Crippen LogP contribution in [0.1, 0.15) is 27.7 Å². The number of nitrogens with zero attached hydrogens (tertiary/aromatic N) is 1. The van der Waals surface area contributed by atoms with Crippen molar-refractivity contribution in [3.8, 4) is 0 Å². The van der Waals surface area contributed by atoms with Crippen molar-refractivity contribution in [3.63, 3.8) is 0 Å². The predicted molar refractivity (Wildman–Crippen MR) is 89.1 cm³/mol. The molecule has 2 atom stereocenters. The molecule has 1 aliphatic heterocycles. The molecule has 0 bridgehead atoms. The zero-order valence-corrected chi connectivity index (χ0v) is 13.9. The van der Waals surface area contributed by atoms with E-state index in [-0.39, 0.29) is 23.8 Å². The topological polar surface area (TPSA) is 53.6 Å². The van der Waals surface area contributed by atoms with Crippen LogP contribution in [0.15, 0.2) is 30.3 Å². The van der Waals surface area contributed by atoms with E-state index in [2.05, 4.69) is 43.2 Å². The number of urea groups is 1. The van der Waals surface area contributed by atoms with Gasteiger partial charge in [0, 0.05) is 30.9 Å². The Morgan fingerprint density at radius 3 is 2.41 bits per heavy atom. The van der Waals surface area contributed by atoms with Crippen LogP contribution < -0.4 is 10.6 Å². The average Bonchev–Trinajstić information content (AvgIpc) is 2.45. The molecule has 0 radical (unpaired) electrons. The van der Waals surface area contributed by atoms with Crippen molar-refractivity contribution >= 4 is 11.7 Å². The number of anilines is 1. The smallest absolute Gasteiger partial charge is 0.319 e. The molecule has 0 aliphatic carbocycles. The maximum absolute atomic E-state index is 12.0. The first-order valence-electron chi connectivity index (χ1n) is 7.87. The van der Waals surface area contributed by atoms with Gasteiger partial charge in [0.1, 0.15) is 0 Å². The molecule has 0 aromatic heterocycles. The quantitative estimate of drug-likeness (QED) is 0.899. The lowest BCUT2D eigenvalue weighted by atomic mass is 10.00. The van der Waals surface area contributed by atoms with Gasteiger partial charge in [0.15, 0.2) is 0 Å². The van der Waals surface area contributed by atoms with Gasteiger partial charge in [0.05, 0.1) is 12.2 Å². The summed E-state index contributed by atoms with van der Waals surface area (Å²) in [5.74, 6) is 0. The van der Waals surface area contributed by atoms with Crippen LogP contribution in [0.3, 0.4) is 0 Å². The fraction of sp³-hybridized carbons (Fsp3) is 0.588. The van der Waals surface area contributed by atoms with Crippen molar-refractivity contribution in [2.45, 2.75) is 45.4 Å². The lowest BCUT2D eigenvalue weighted by Crippen LogP contribution is -2.58. The highest BCUT2D eigenvalue weighted by atomic mass is 16.5. The zero-order chi connectivity index (χ0) is 16.2. The van der Waals surface area contributed by atoms with Gasteiger partial charge in [-0.15, -0.1) is 0 Å². The summed E-state index contributed by atoms with van der Waals surface area (Å²) in [6, 6.07) is 9.29. The normalized spacial score (nSPS) is 23.1. The van der Waals surface area contributed by atoms with Gasteiger partial charge < -0.3 is 15.4 Å². The van der Waals surface area contributed by atoms with Gasteiger partial charge in [0.2, 0.25) is 0 Å². The first-order chi connectivity index (χ1) is 10.4. The van der Waals surface area contributed by atoms with E-state index in [0.717, 1.165) is 18.8 Å². The van der Waals surface area contributed by atoms with Crippen molar-refractivity contribution in [1.82, 2.24) is 10.2 Å². The Kier molecular flexibility index (Phi) is 5.42. The van der Waals surface area contributed by atoms with Crippen LogP contribution in [0.5, 0.6) is 0 Å². The van der Waals surface area contributed by atoms with Gasteiger partial charge in [-0.3, -0.25) is 4.90 Å². The number of ether oxygens (including phenoxy) is 1. The SMILES string of the molecule is C[C@@H]1CN(C(C)(C)CNC(=O)Nc2ccccc2)C[C@@H](C)O1. The number of amides is 2. The Hall–Kier alpha value is -1.59. The predicted octanol–water partition coefficient (Wildman–Crippen LogP) is 2.70. The summed E-state index contributed by atoms with van der Waals surface area (Å²) in [4.78, 5) is 14.4. The van der Waals surface area contributed by atoms with E-state index >= 15 is 0 Å². The number of nitrogens with one attached hydrogen (secondary N) is 2. The second-order valence-electron chi connectivity index (χ2n) is 6.65. The summed E-state index contributed by atoms with van der Waals surface area (Å²) in [5.41, 5.74) is 0.687. The van der Waals surface area contributed by atoms with E-state index < -0.39 is 0 Å². The number of hydrogen-bond acceptors (Lipinski definition) is 3. The Bertz CT molecular complexity index is 480. The van der Waals surface area contributed by atoms with E-state index in [1.54, 1.807) is 0 Å².